The fourth-order valence-corrected chi connectivity index (χ4v) is 8.50. The Labute approximate surface area is 222 Å². The third-order valence-corrected chi connectivity index (χ3v) is 9.09. The third kappa shape index (κ3) is 8.77. The fourth-order valence-electron chi connectivity index (χ4n) is 8.50. The van der Waals surface area contributed by atoms with Gasteiger partial charge in [0, 0.05) is 0 Å². The molecule has 0 radical (unpaired) electrons. The predicted octanol–water partition coefficient (Wildman–Crippen LogP) is 10.1. The van der Waals surface area contributed by atoms with Crippen LogP contribution in [0.25, 0.3) is 0 Å². The van der Waals surface area contributed by atoms with E-state index in [0.717, 1.165) is 38.0 Å². The minimum absolute atomic E-state index is 0.0214. The van der Waals surface area contributed by atoms with Crippen LogP contribution in [0.5, 0.6) is 0 Å². The molecular weight excluding hydrogens is 440 g/mol. The maximum Gasteiger partial charge on any atom is 0.306 e. The molecule has 4 aliphatic carbocycles. The lowest BCUT2D eigenvalue weighted by Crippen LogP contribution is -2.55. The molecule has 2 heteroatoms. The zero-order valence-electron chi connectivity index (χ0n) is 24.6. The molecule has 4 aliphatic rings. The minimum atomic E-state index is 0.0214. The monoisotopic (exact) mass is 494 g/mol. The third-order valence-electron chi connectivity index (χ3n) is 9.09. The number of allylic oxidation sites excluding steroid dienone is 7. The van der Waals surface area contributed by atoms with Crippen molar-refractivity contribution in [1.29, 1.82) is 0 Å². The Morgan fingerprint density at radius 1 is 0.722 bits per heavy atom. The Morgan fingerprint density at radius 3 is 1.72 bits per heavy atom. The van der Waals surface area contributed by atoms with Crippen LogP contribution in [0.2, 0.25) is 0 Å². The topological polar surface area (TPSA) is 26.3 Å². The van der Waals surface area contributed by atoms with Gasteiger partial charge in [-0.2, -0.15) is 0 Å². The molecule has 2 nitrogen and oxygen atoms in total. The molecule has 4 saturated carbocycles. The van der Waals surface area contributed by atoms with Crippen molar-refractivity contribution in [2.24, 2.45) is 22.2 Å². The van der Waals surface area contributed by atoms with Crippen LogP contribution >= 0.6 is 0 Å². The number of ether oxygens (including phenoxy) is 1. The summed E-state index contributed by atoms with van der Waals surface area (Å²) >= 11 is 0. The molecular formula is C34H54O2. The van der Waals surface area contributed by atoms with Crippen LogP contribution < -0.4 is 0 Å². The van der Waals surface area contributed by atoms with E-state index in [2.05, 4.69) is 72.8 Å². The second kappa shape index (κ2) is 12.3. The van der Waals surface area contributed by atoms with Crippen LogP contribution in [0.1, 0.15) is 132 Å². The first-order chi connectivity index (χ1) is 16.9. The average Bonchev–Trinajstić information content (AvgIpc) is 2.70. The lowest BCUT2D eigenvalue weighted by Gasteiger charge is -2.65. The molecule has 0 spiro atoms. The molecule has 2 atom stereocenters. The van der Waals surface area contributed by atoms with E-state index in [0.29, 0.717) is 23.9 Å². The van der Waals surface area contributed by atoms with Crippen molar-refractivity contribution in [2.45, 2.75) is 132 Å². The zero-order valence-corrected chi connectivity index (χ0v) is 24.6. The molecule has 4 bridgehead atoms. The number of hydrogen-bond acceptors (Lipinski definition) is 2. The summed E-state index contributed by atoms with van der Waals surface area (Å²) in [4.78, 5) is 12.8. The van der Waals surface area contributed by atoms with Crippen LogP contribution in [0.3, 0.4) is 0 Å². The first-order valence-corrected chi connectivity index (χ1v) is 14.7. The predicted molar refractivity (Wildman–Crippen MR) is 154 cm³/mol. The van der Waals surface area contributed by atoms with E-state index < -0.39 is 0 Å². The summed E-state index contributed by atoms with van der Waals surface area (Å²) in [5, 5.41) is 0. The zero-order chi connectivity index (χ0) is 26.4. The highest BCUT2D eigenvalue weighted by Crippen LogP contribution is 2.70. The van der Waals surface area contributed by atoms with E-state index in [1.54, 1.807) is 0 Å². The molecule has 0 aromatic heterocycles. The Kier molecular flexibility index (Phi) is 9.92. The van der Waals surface area contributed by atoms with Gasteiger partial charge in [0.2, 0.25) is 0 Å². The molecule has 4 rings (SSSR count). The van der Waals surface area contributed by atoms with E-state index in [1.165, 1.54) is 67.2 Å². The maximum absolute atomic E-state index is 12.8. The number of carbonyl (C=O) groups is 1. The Morgan fingerprint density at radius 2 is 1.22 bits per heavy atom. The smallest absolute Gasteiger partial charge is 0.306 e. The van der Waals surface area contributed by atoms with E-state index in [4.69, 9.17) is 4.74 Å². The van der Waals surface area contributed by atoms with Crippen molar-refractivity contribution in [3.05, 3.63) is 46.6 Å². The van der Waals surface area contributed by atoms with E-state index in [1.807, 2.05) is 0 Å². The highest BCUT2D eigenvalue weighted by atomic mass is 16.5. The van der Waals surface area contributed by atoms with E-state index in [-0.39, 0.29) is 11.4 Å². The lowest BCUT2D eigenvalue weighted by atomic mass is 9.40. The molecule has 202 valence electrons. The molecule has 36 heavy (non-hydrogen) atoms. The lowest BCUT2D eigenvalue weighted by molar-refractivity contribution is -0.167. The number of hydrogen-bond donors (Lipinski definition) is 0. The van der Waals surface area contributed by atoms with Crippen LogP contribution in [0, 0.1) is 22.2 Å². The standard InChI is InChI=1S/C34H54O2/c1-26(2)11-8-12-27(3)13-9-14-28(4)15-10-16-29(5)17-18-36-31(35)22-34-21-30-19-32(6,24-34)23-33(7,20-30)25-34/h11,13,15,17,30H,8-10,12,14,16,18-25H2,1-7H3/b27-13+,28-15+,29-17+. The maximum atomic E-state index is 12.8. The van der Waals surface area contributed by atoms with E-state index >= 15 is 0 Å². The second-order valence-corrected chi connectivity index (χ2v) is 14.0. The Balaban J connectivity index is 1.33. The van der Waals surface area contributed by atoms with Crippen LogP contribution in [0.4, 0.5) is 0 Å². The van der Waals surface area contributed by atoms with Gasteiger partial charge in [-0.3, -0.25) is 4.79 Å². The largest absolute Gasteiger partial charge is 0.461 e. The number of rotatable bonds is 13. The molecule has 0 aromatic carbocycles. The van der Waals surface area contributed by atoms with E-state index in [9.17, 15) is 4.79 Å². The van der Waals surface area contributed by atoms with Gasteiger partial charge in [0.15, 0.2) is 0 Å². The van der Waals surface area contributed by atoms with Crippen molar-refractivity contribution >= 4 is 5.97 Å². The van der Waals surface area contributed by atoms with Gasteiger partial charge in [0.1, 0.15) is 6.61 Å². The molecule has 4 fully saturated rings. The van der Waals surface area contributed by atoms with Gasteiger partial charge < -0.3 is 4.74 Å². The molecule has 0 saturated heterocycles. The highest BCUT2D eigenvalue weighted by Gasteiger charge is 2.60. The van der Waals surface area contributed by atoms with Gasteiger partial charge in [-0.1, -0.05) is 54.4 Å². The molecule has 0 amide bonds. The summed E-state index contributed by atoms with van der Waals surface area (Å²) in [6.45, 7) is 16.4. The summed E-state index contributed by atoms with van der Waals surface area (Å²) in [5.41, 5.74) is 6.82. The highest BCUT2D eigenvalue weighted by molar-refractivity contribution is 5.70. The minimum Gasteiger partial charge on any atom is -0.461 e. The van der Waals surface area contributed by atoms with Gasteiger partial charge in [0.05, 0.1) is 6.42 Å². The average molecular weight is 495 g/mol. The van der Waals surface area contributed by atoms with Gasteiger partial charge in [-0.25, -0.2) is 0 Å². The van der Waals surface area contributed by atoms with Crippen LogP contribution in [-0.4, -0.2) is 12.6 Å². The van der Waals surface area contributed by atoms with Gasteiger partial charge in [-0.05, 0) is 140 Å². The Bertz CT molecular complexity index is 876. The van der Waals surface area contributed by atoms with Crippen molar-refractivity contribution in [1.82, 2.24) is 0 Å². The molecule has 0 aromatic rings. The first-order valence-electron chi connectivity index (χ1n) is 14.7. The number of esters is 1. The van der Waals surface area contributed by atoms with Gasteiger partial charge in [-0.15, -0.1) is 0 Å². The second-order valence-electron chi connectivity index (χ2n) is 14.0. The quantitative estimate of drug-likeness (QED) is 0.188. The van der Waals surface area contributed by atoms with Crippen molar-refractivity contribution in [3.63, 3.8) is 0 Å². The first kappa shape index (κ1) is 29.0. The number of carbonyl (C=O) groups excluding carboxylic acids is 1. The van der Waals surface area contributed by atoms with Gasteiger partial charge in [0.25, 0.3) is 0 Å². The van der Waals surface area contributed by atoms with Crippen molar-refractivity contribution in [3.8, 4) is 0 Å². The summed E-state index contributed by atoms with van der Waals surface area (Å²) in [5.74, 6) is 0.850. The molecule has 2 unspecified atom stereocenters. The summed E-state index contributed by atoms with van der Waals surface area (Å²) in [6.07, 6.45) is 24.4. The van der Waals surface area contributed by atoms with Crippen molar-refractivity contribution < 1.29 is 9.53 Å². The Hall–Kier alpha value is -1.57. The summed E-state index contributed by atoms with van der Waals surface area (Å²) in [7, 11) is 0. The van der Waals surface area contributed by atoms with Crippen LogP contribution in [-0.2, 0) is 9.53 Å². The fraction of sp³-hybridized carbons (Fsp3) is 0.735. The van der Waals surface area contributed by atoms with Crippen LogP contribution in [0.15, 0.2) is 46.6 Å². The molecule has 0 heterocycles. The summed E-state index contributed by atoms with van der Waals surface area (Å²) < 4.78 is 5.72. The summed E-state index contributed by atoms with van der Waals surface area (Å²) in [6, 6.07) is 0. The molecule has 0 N–H and O–H groups in total. The molecule has 0 aliphatic heterocycles. The normalized spacial score (nSPS) is 32.1. The SMILES string of the molecule is CC(C)=CCC/C(C)=C/CC/C(C)=C/CC/C(C)=C/COC(=O)CC12CC3CC(C)(CC(C)(C3)C1)C2. The van der Waals surface area contributed by atoms with Gasteiger partial charge >= 0.3 is 5.97 Å². The van der Waals surface area contributed by atoms with Crippen molar-refractivity contribution in [2.75, 3.05) is 6.61 Å².